The molecule has 0 radical (unpaired) electrons. The molecule has 1 aromatic rings. The van der Waals surface area contributed by atoms with Crippen LogP contribution in [0, 0.1) is 6.92 Å². The molecule has 0 spiro atoms. The highest BCUT2D eigenvalue weighted by Gasteiger charge is 2.66. The predicted octanol–water partition coefficient (Wildman–Crippen LogP) is 3.22. The molecular weight excluding hydrogens is 231 g/mol. The van der Waals surface area contributed by atoms with E-state index in [1.165, 1.54) is 13.0 Å². The Bertz CT molecular complexity index is 435. The summed E-state index contributed by atoms with van der Waals surface area (Å²) in [6.07, 6.45) is -3.39. The van der Waals surface area contributed by atoms with Gasteiger partial charge < -0.3 is 0 Å². The second-order valence-corrected chi connectivity index (χ2v) is 3.63. The minimum atomic E-state index is -4.54. The average Bonchev–Trinajstić information content (AvgIpc) is 2.83. The summed E-state index contributed by atoms with van der Waals surface area (Å²) >= 11 is 5.60. The largest absolute Gasteiger partial charge is 0.443 e. The second kappa shape index (κ2) is 2.91. The first-order valence-corrected chi connectivity index (χ1v) is 4.38. The first-order chi connectivity index (χ1) is 6.87. The Morgan fingerprint density at radius 1 is 1.33 bits per heavy atom. The fraction of sp³-hybridized carbons (Fsp3) is 0.375. The molecule has 0 amide bonds. The molecule has 2 rings (SSSR count). The van der Waals surface area contributed by atoms with Gasteiger partial charge in [-0.15, -0.1) is 10.2 Å². The van der Waals surface area contributed by atoms with Crippen LogP contribution in [0.25, 0.3) is 0 Å². The van der Waals surface area contributed by atoms with Gasteiger partial charge in [0.05, 0.1) is 5.02 Å². The fourth-order valence-corrected chi connectivity index (χ4v) is 1.51. The monoisotopic (exact) mass is 235 g/mol. The normalized spacial score (nSPS) is 17.9. The van der Waals surface area contributed by atoms with Crippen molar-refractivity contribution in [2.24, 2.45) is 10.2 Å². The molecule has 7 heteroatoms. The number of aryl methyl sites for hydroxylation is 1. The van der Waals surface area contributed by atoms with Gasteiger partial charge >= 0.3 is 11.8 Å². The number of alkyl halides is 3. The van der Waals surface area contributed by atoms with E-state index in [2.05, 4.69) is 15.2 Å². The Labute approximate surface area is 88.0 Å². The molecule has 1 aromatic heterocycles. The van der Waals surface area contributed by atoms with Crippen molar-refractivity contribution in [2.45, 2.75) is 18.8 Å². The van der Waals surface area contributed by atoms with E-state index >= 15 is 0 Å². The number of pyridine rings is 1. The van der Waals surface area contributed by atoms with Crippen molar-refractivity contribution in [2.75, 3.05) is 0 Å². The third-order valence-corrected chi connectivity index (χ3v) is 2.28. The van der Waals surface area contributed by atoms with Crippen LogP contribution in [0.1, 0.15) is 11.3 Å². The van der Waals surface area contributed by atoms with Gasteiger partial charge in [-0.2, -0.15) is 13.2 Å². The number of aromatic nitrogens is 1. The molecule has 80 valence electrons. The Hall–Kier alpha value is -1.17. The summed E-state index contributed by atoms with van der Waals surface area (Å²) in [5, 5.41) is 6.41. The smallest absolute Gasteiger partial charge is 0.254 e. The van der Waals surface area contributed by atoms with E-state index in [1.807, 2.05) is 0 Å². The molecule has 1 aliphatic heterocycles. The van der Waals surface area contributed by atoms with Crippen LogP contribution in [0.4, 0.5) is 13.2 Å². The number of hydrogen-bond donors (Lipinski definition) is 0. The maximum Gasteiger partial charge on any atom is 0.443 e. The lowest BCUT2D eigenvalue weighted by Crippen LogP contribution is -2.31. The van der Waals surface area contributed by atoms with Crippen LogP contribution >= 0.6 is 11.6 Å². The zero-order valence-corrected chi connectivity index (χ0v) is 8.26. The number of rotatable bonds is 1. The molecule has 1 aliphatic rings. The van der Waals surface area contributed by atoms with Crippen LogP contribution in [0.3, 0.4) is 0 Å². The van der Waals surface area contributed by atoms with Crippen molar-refractivity contribution >= 4 is 11.6 Å². The highest BCUT2D eigenvalue weighted by molar-refractivity contribution is 6.30. The molecular formula is C8H5ClF3N3. The molecule has 0 fully saturated rings. The Morgan fingerprint density at radius 3 is 2.33 bits per heavy atom. The summed E-state index contributed by atoms with van der Waals surface area (Å²) in [5.74, 6) is 0. The Morgan fingerprint density at radius 2 is 1.93 bits per heavy atom. The van der Waals surface area contributed by atoms with Gasteiger partial charge in [-0.25, -0.2) is 0 Å². The maximum atomic E-state index is 12.6. The summed E-state index contributed by atoms with van der Waals surface area (Å²) in [6, 6.07) is 1.40. The number of halogens is 4. The summed E-state index contributed by atoms with van der Waals surface area (Å²) in [4.78, 5) is 3.64. The van der Waals surface area contributed by atoms with Crippen LogP contribution in [-0.2, 0) is 5.66 Å². The van der Waals surface area contributed by atoms with E-state index in [0.29, 0.717) is 5.56 Å². The van der Waals surface area contributed by atoms with Gasteiger partial charge in [0.15, 0.2) is 0 Å². The van der Waals surface area contributed by atoms with Gasteiger partial charge in [-0.1, -0.05) is 11.6 Å². The second-order valence-electron chi connectivity index (χ2n) is 3.19. The number of hydrogen-bond acceptors (Lipinski definition) is 3. The lowest BCUT2D eigenvalue weighted by Gasteiger charge is -2.15. The third-order valence-electron chi connectivity index (χ3n) is 2.07. The molecule has 0 bridgehead atoms. The minimum Gasteiger partial charge on any atom is -0.254 e. The predicted molar refractivity (Wildman–Crippen MR) is 46.6 cm³/mol. The first-order valence-electron chi connectivity index (χ1n) is 4.00. The highest BCUT2D eigenvalue weighted by Crippen LogP contribution is 2.52. The lowest BCUT2D eigenvalue weighted by atomic mass is 10.0. The average molecular weight is 236 g/mol. The van der Waals surface area contributed by atoms with Gasteiger partial charge in [0.1, 0.15) is 5.69 Å². The highest BCUT2D eigenvalue weighted by atomic mass is 35.5. The quantitative estimate of drug-likeness (QED) is 0.736. The standard InChI is InChI=1S/C8H5ClF3N3/c1-4-2-5(9)3-13-6(4)7(14-15-7)8(10,11)12/h2-3H,1H3. The molecule has 0 saturated carbocycles. The molecule has 0 N–H and O–H groups in total. The summed E-state index contributed by atoms with van der Waals surface area (Å²) in [5.41, 5.74) is -2.34. The van der Waals surface area contributed by atoms with Crippen molar-refractivity contribution < 1.29 is 13.2 Å². The van der Waals surface area contributed by atoms with Crippen molar-refractivity contribution in [3.63, 3.8) is 0 Å². The van der Waals surface area contributed by atoms with Crippen molar-refractivity contribution in [3.8, 4) is 0 Å². The van der Waals surface area contributed by atoms with Crippen molar-refractivity contribution in [3.05, 3.63) is 28.5 Å². The Kier molecular flexibility index (Phi) is 2.01. The van der Waals surface area contributed by atoms with Crippen LogP contribution in [0.5, 0.6) is 0 Å². The Balaban J connectivity index is 2.47. The fourth-order valence-electron chi connectivity index (χ4n) is 1.30. The van der Waals surface area contributed by atoms with Crippen LogP contribution in [0.15, 0.2) is 22.5 Å². The molecule has 0 aromatic carbocycles. The SMILES string of the molecule is Cc1cc(Cl)cnc1C1(C(F)(F)F)N=N1. The summed E-state index contributed by atoms with van der Waals surface area (Å²) < 4.78 is 37.8. The van der Waals surface area contributed by atoms with Gasteiger partial charge in [0.25, 0.3) is 0 Å². The summed E-state index contributed by atoms with van der Waals surface area (Å²) in [6.45, 7) is 1.49. The molecule has 0 saturated heterocycles. The minimum absolute atomic E-state index is 0.209. The zero-order valence-electron chi connectivity index (χ0n) is 7.51. The van der Waals surface area contributed by atoms with Crippen molar-refractivity contribution in [1.29, 1.82) is 0 Å². The van der Waals surface area contributed by atoms with Crippen molar-refractivity contribution in [1.82, 2.24) is 4.98 Å². The topological polar surface area (TPSA) is 37.6 Å². The van der Waals surface area contributed by atoms with Gasteiger partial charge in [0.2, 0.25) is 0 Å². The van der Waals surface area contributed by atoms with Crippen LogP contribution < -0.4 is 0 Å². The van der Waals surface area contributed by atoms with E-state index in [1.54, 1.807) is 0 Å². The van der Waals surface area contributed by atoms with E-state index in [9.17, 15) is 13.2 Å². The molecule has 2 heterocycles. The van der Waals surface area contributed by atoms with Gasteiger partial charge in [0, 0.05) is 6.20 Å². The molecule has 0 atom stereocenters. The first kappa shape index (κ1) is 10.4. The lowest BCUT2D eigenvalue weighted by molar-refractivity contribution is -0.167. The third kappa shape index (κ3) is 1.49. The van der Waals surface area contributed by atoms with E-state index in [-0.39, 0.29) is 10.7 Å². The van der Waals surface area contributed by atoms with Crippen LogP contribution in [0.2, 0.25) is 5.02 Å². The summed E-state index contributed by atoms with van der Waals surface area (Å²) in [7, 11) is 0. The van der Waals surface area contributed by atoms with E-state index in [0.717, 1.165) is 6.20 Å². The zero-order chi connectivity index (χ0) is 11.3. The van der Waals surface area contributed by atoms with Gasteiger partial charge in [-0.3, -0.25) is 4.98 Å². The van der Waals surface area contributed by atoms with Gasteiger partial charge in [-0.05, 0) is 18.6 Å². The van der Waals surface area contributed by atoms with E-state index < -0.39 is 11.8 Å². The molecule has 15 heavy (non-hydrogen) atoms. The molecule has 0 aliphatic carbocycles. The molecule has 0 unspecified atom stereocenters. The molecule has 3 nitrogen and oxygen atoms in total. The van der Waals surface area contributed by atoms with Crippen LogP contribution in [-0.4, -0.2) is 11.2 Å². The maximum absolute atomic E-state index is 12.6. The van der Waals surface area contributed by atoms with E-state index in [4.69, 9.17) is 11.6 Å². The number of nitrogens with zero attached hydrogens (tertiary/aromatic N) is 3.